The van der Waals surface area contributed by atoms with Gasteiger partial charge in [-0.2, -0.15) is 10.2 Å². The molecule has 2 N–H and O–H groups in total. The van der Waals surface area contributed by atoms with E-state index in [0.29, 0.717) is 39.3 Å². The number of nitrogens with zero attached hydrogens (tertiary/aromatic N) is 5. The van der Waals surface area contributed by atoms with Crippen LogP contribution in [0.3, 0.4) is 0 Å². The Bertz CT molecular complexity index is 1670. The van der Waals surface area contributed by atoms with Crippen LogP contribution in [0.2, 0.25) is 5.02 Å². The molecule has 178 valence electrons. The highest BCUT2D eigenvalue weighted by Gasteiger charge is 2.35. The van der Waals surface area contributed by atoms with Crippen LogP contribution < -0.4 is 10.6 Å². The van der Waals surface area contributed by atoms with Crippen molar-refractivity contribution in [2.45, 2.75) is 24.9 Å². The monoisotopic (exact) mass is 499 g/mol. The molecule has 0 saturated heterocycles. The van der Waals surface area contributed by atoms with E-state index in [2.05, 4.69) is 25.8 Å². The number of nitrogens with one attached hydrogen (secondary N) is 2. The number of hydrogen-bond donors (Lipinski definition) is 2. The van der Waals surface area contributed by atoms with E-state index in [-0.39, 0.29) is 5.91 Å². The zero-order valence-corrected chi connectivity index (χ0v) is 19.6. The van der Waals surface area contributed by atoms with Crippen LogP contribution in [0.15, 0.2) is 67.3 Å². The SMILES string of the molecule is O=C1NC(c2cc(F)ccc2Cl)c2c(Nc3ccn(C4CC4)n3)cc(-c3ccc4ncnn4c3)cc21. The molecule has 1 fully saturated rings. The van der Waals surface area contributed by atoms with Crippen LogP contribution >= 0.6 is 11.6 Å². The maximum Gasteiger partial charge on any atom is 0.252 e. The Morgan fingerprint density at radius 2 is 1.97 bits per heavy atom. The van der Waals surface area contributed by atoms with E-state index in [4.69, 9.17) is 11.6 Å². The Kier molecular flexibility index (Phi) is 4.62. The van der Waals surface area contributed by atoms with E-state index < -0.39 is 11.9 Å². The standard InChI is InChI=1S/C26H19ClFN7O/c27-20-5-2-16(28)11-18(20)25-24-19(26(36)32-25)9-15(14-1-6-23-29-13-30-35(23)12-14)10-21(24)31-22-7-8-34(33-22)17-3-4-17/h1-2,5-13,17,25H,3-4H2,(H,31,33)(H,32,36). The first kappa shape index (κ1) is 21.1. The first-order valence-corrected chi connectivity index (χ1v) is 12.0. The first-order chi connectivity index (χ1) is 17.5. The highest BCUT2D eigenvalue weighted by molar-refractivity contribution is 6.31. The predicted molar refractivity (Wildman–Crippen MR) is 133 cm³/mol. The normalized spacial score (nSPS) is 16.8. The Balaban J connectivity index is 1.39. The third kappa shape index (κ3) is 3.51. The summed E-state index contributed by atoms with van der Waals surface area (Å²) < 4.78 is 17.8. The largest absolute Gasteiger partial charge is 0.341 e. The van der Waals surface area contributed by atoms with E-state index in [1.807, 2.05) is 47.4 Å². The molecule has 1 atom stereocenters. The van der Waals surface area contributed by atoms with Crippen molar-refractivity contribution in [3.8, 4) is 11.1 Å². The zero-order valence-electron chi connectivity index (χ0n) is 18.8. The molecule has 0 bridgehead atoms. The second-order valence-corrected chi connectivity index (χ2v) is 9.48. The lowest BCUT2D eigenvalue weighted by Gasteiger charge is -2.19. The lowest BCUT2D eigenvalue weighted by atomic mass is 9.93. The van der Waals surface area contributed by atoms with Gasteiger partial charge in [0.2, 0.25) is 0 Å². The number of carbonyl (C=O) groups is 1. The number of halogens is 2. The number of carbonyl (C=O) groups excluding carboxylic acids is 1. The van der Waals surface area contributed by atoms with Gasteiger partial charge in [0, 0.05) is 51.4 Å². The van der Waals surface area contributed by atoms with E-state index in [1.165, 1.54) is 24.5 Å². The Morgan fingerprint density at radius 3 is 2.83 bits per heavy atom. The third-order valence-corrected chi connectivity index (χ3v) is 7.00. The van der Waals surface area contributed by atoms with Gasteiger partial charge in [-0.05, 0) is 60.9 Å². The molecule has 0 radical (unpaired) electrons. The molecule has 0 spiro atoms. The Morgan fingerprint density at radius 1 is 1.08 bits per heavy atom. The minimum absolute atomic E-state index is 0.259. The minimum Gasteiger partial charge on any atom is -0.341 e. The van der Waals surface area contributed by atoms with Crippen molar-refractivity contribution >= 4 is 34.7 Å². The van der Waals surface area contributed by atoms with Crippen molar-refractivity contribution in [1.82, 2.24) is 29.7 Å². The highest BCUT2D eigenvalue weighted by Crippen LogP contribution is 2.42. The summed E-state index contributed by atoms with van der Waals surface area (Å²) in [6.07, 6.45) is 7.55. The summed E-state index contributed by atoms with van der Waals surface area (Å²) in [5.41, 5.74) is 4.76. The van der Waals surface area contributed by atoms with Gasteiger partial charge in [-0.3, -0.25) is 9.48 Å². The predicted octanol–water partition coefficient (Wildman–Crippen LogP) is 5.30. The van der Waals surface area contributed by atoms with Crippen molar-refractivity contribution in [1.29, 1.82) is 0 Å². The molecule has 1 unspecified atom stereocenters. The molecule has 7 rings (SSSR count). The quantitative estimate of drug-likeness (QED) is 0.343. The van der Waals surface area contributed by atoms with Gasteiger partial charge >= 0.3 is 0 Å². The van der Waals surface area contributed by atoms with Crippen molar-refractivity contribution in [2.75, 3.05) is 5.32 Å². The number of anilines is 2. The number of fused-ring (bicyclic) bond motifs is 2. The molecule has 1 saturated carbocycles. The minimum atomic E-state index is -0.615. The molecule has 5 aromatic rings. The topological polar surface area (TPSA) is 89.1 Å². The fraction of sp³-hybridized carbons (Fsp3) is 0.154. The molecular weight excluding hydrogens is 481 g/mol. The van der Waals surface area contributed by atoms with Crippen LogP contribution in [-0.4, -0.2) is 30.3 Å². The van der Waals surface area contributed by atoms with Gasteiger partial charge in [-0.25, -0.2) is 13.9 Å². The fourth-order valence-corrected chi connectivity index (χ4v) is 4.97. The van der Waals surface area contributed by atoms with E-state index in [1.54, 1.807) is 4.52 Å². The Labute approximate surface area is 209 Å². The van der Waals surface area contributed by atoms with E-state index in [0.717, 1.165) is 29.6 Å². The summed E-state index contributed by atoms with van der Waals surface area (Å²) in [7, 11) is 0. The zero-order chi connectivity index (χ0) is 24.4. The van der Waals surface area contributed by atoms with Crippen LogP contribution in [0.1, 0.15) is 46.4 Å². The van der Waals surface area contributed by atoms with Crippen LogP contribution in [0.4, 0.5) is 15.9 Å². The van der Waals surface area contributed by atoms with Gasteiger partial charge in [-0.15, -0.1) is 0 Å². The molecule has 4 heterocycles. The second kappa shape index (κ2) is 7.89. The summed E-state index contributed by atoms with van der Waals surface area (Å²) >= 11 is 6.45. The molecule has 2 aromatic carbocycles. The first-order valence-electron chi connectivity index (χ1n) is 11.6. The summed E-state index contributed by atoms with van der Waals surface area (Å²) in [5, 5.41) is 15.7. The molecule has 1 aliphatic heterocycles. The van der Waals surface area contributed by atoms with E-state index >= 15 is 0 Å². The van der Waals surface area contributed by atoms with Crippen molar-refractivity contribution in [3.63, 3.8) is 0 Å². The summed E-state index contributed by atoms with van der Waals surface area (Å²) in [5.74, 6) is -0.0190. The van der Waals surface area contributed by atoms with Gasteiger partial charge in [0.1, 0.15) is 12.1 Å². The van der Waals surface area contributed by atoms with Crippen molar-refractivity contribution in [2.24, 2.45) is 0 Å². The number of pyridine rings is 1. The van der Waals surface area contributed by atoms with Gasteiger partial charge in [-0.1, -0.05) is 11.6 Å². The number of benzene rings is 2. The summed E-state index contributed by atoms with van der Waals surface area (Å²) in [4.78, 5) is 17.4. The maximum atomic E-state index is 14.2. The average molecular weight is 500 g/mol. The van der Waals surface area contributed by atoms with Crippen LogP contribution in [0.25, 0.3) is 16.8 Å². The van der Waals surface area contributed by atoms with Crippen LogP contribution in [0, 0.1) is 5.82 Å². The molecule has 3 aromatic heterocycles. The number of hydrogen-bond acceptors (Lipinski definition) is 5. The second-order valence-electron chi connectivity index (χ2n) is 9.08. The van der Waals surface area contributed by atoms with Crippen molar-refractivity contribution < 1.29 is 9.18 Å². The maximum absolute atomic E-state index is 14.2. The number of amides is 1. The average Bonchev–Trinajstić information content (AvgIpc) is 3.28. The molecule has 2 aliphatic rings. The van der Waals surface area contributed by atoms with Gasteiger partial charge < -0.3 is 10.6 Å². The van der Waals surface area contributed by atoms with Gasteiger partial charge in [0.05, 0.1) is 12.1 Å². The van der Waals surface area contributed by atoms with Gasteiger partial charge in [0.15, 0.2) is 11.5 Å². The lowest BCUT2D eigenvalue weighted by molar-refractivity contribution is 0.0960. The van der Waals surface area contributed by atoms with Crippen LogP contribution in [-0.2, 0) is 0 Å². The molecule has 10 heteroatoms. The summed E-state index contributed by atoms with van der Waals surface area (Å²) in [6.45, 7) is 0. The van der Waals surface area contributed by atoms with Gasteiger partial charge in [0.25, 0.3) is 5.91 Å². The van der Waals surface area contributed by atoms with Crippen molar-refractivity contribution in [3.05, 3.63) is 94.8 Å². The molecule has 1 aliphatic carbocycles. The van der Waals surface area contributed by atoms with Crippen LogP contribution in [0.5, 0.6) is 0 Å². The number of rotatable bonds is 5. The fourth-order valence-electron chi connectivity index (χ4n) is 4.75. The molecule has 8 nitrogen and oxygen atoms in total. The Hall–Kier alpha value is -4.24. The molecule has 36 heavy (non-hydrogen) atoms. The molecule has 1 amide bonds. The third-order valence-electron chi connectivity index (χ3n) is 6.66. The number of aromatic nitrogens is 5. The molecular formula is C26H19ClFN7O. The highest BCUT2D eigenvalue weighted by atomic mass is 35.5. The lowest BCUT2D eigenvalue weighted by Crippen LogP contribution is -2.20. The summed E-state index contributed by atoms with van der Waals surface area (Å²) in [6, 6.07) is 13.5. The smallest absolute Gasteiger partial charge is 0.252 e. The van der Waals surface area contributed by atoms with E-state index in [9.17, 15) is 9.18 Å².